The Kier molecular flexibility index (Phi) is 6.84. The van der Waals surface area contributed by atoms with E-state index in [2.05, 4.69) is 10.1 Å². The maximum absolute atomic E-state index is 11.2. The Labute approximate surface area is 85.0 Å². The fourth-order valence-electron chi connectivity index (χ4n) is 1.15. The quantitative estimate of drug-likeness (QED) is 0.379. The first-order valence-corrected chi connectivity index (χ1v) is 4.80. The number of nitrogens with one attached hydrogen (secondary N) is 1. The van der Waals surface area contributed by atoms with Gasteiger partial charge in [0.05, 0.1) is 12.7 Å². The van der Waals surface area contributed by atoms with E-state index in [1.54, 1.807) is 0 Å². The zero-order chi connectivity index (χ0) is 11.0. The first-order chi connectivity index (χ1) is 6.67. The minimum atomic E-state index is -0.290. The number of carbonyl (C=O) groups is 1. The molecule has 0 aromatic rings. The molecule has 0 fully saturated rings. The Morgan fingerprint density at radius 3 is 2.57 bits per heavy atom. The van der Waals surface area contributed by atoms with Crippen molar-refractivity contribution >= 4 is 5.97 Å². The number of hydrogen-bond donors (Lipinski definition) is 2. The zero-order valence-corrected chi connectivity index (χ0v) is 9.09. The SMILES string of the molecule is CC/C(C(=O)OC)=C(\C)NCCCO. The Morgan fingerprint density at radius 1 is 1.50 bits per heavy atom. The zero-order valence-electron chi connectivity index (χ0n) is 9.09. The molecule has 0 spiro atoms. The predicted octanol–water partition coefficient (Wildman–Crippen LogP) is 0.815. The second-order valence-electron chi connectivity index (χ2n) is 2.95. The van der Waals surface area contributed by atoms with Crippen molar-refractivity contribution in [3.63, 3.8) is 0 Å². The van der Waals surface area contributed by atoms with Gasteiger partial charge < -0.3 is 15.2 Å². The summed E-state index contributed by atoms with van der Waals surface area (Å²) in [4.78, 5) is 11.2. The monoisotopic (exact) mass is 201 g/mol. The van der Waals surface area contributed by atoms with Crippen LogP contribution in [0.5, 0.6) is 0 Å². The molecule has 0 aliphatic heterocycles. The van der Waals surface area contributed by atoms with Crippen molar-refractivity contribution in [3.8, 4) is 0 Å². The van der Waals surface area contributed by atoms with Crippen molar-refractivity contribution in [1.29, 1.82) is 0 Å². The lowest BCUT2D eigenvalue weighted by molar-refractivity contribution is -0.136. The van der Waals surface area contributed by atoms with Crippen LogP contribution in [0.1, 0.15) is 26.7 Å². The number of carbonyl (C=O) groups excluding carboxylic acids is 1. The van der Waals surface area contributed by atoms with Gasteiger partial charge in [0.15, 0.2) is 0 Å². The molecule has 2 N–H and O–H groups in total. The number of ether oxygens (including phenoxy) is 1. The van der Waals surface area contributed by atoms with Crippen LogP contribution in [0.2, 0.25) is 0 Å². The number of methoxy groups -OCH3 is 1. The van der Waals surface area contributed by atoms with Crippen molar-refractivity contribution in [3.05, 3.63) is 11.3 Å². The first-order valence-electron chi connectivity index (χ1n) is 4.80. The highest BCUT2D eigenvalue weighted by Crippen LogP contribution is 2.07. The van der Waals surface area contributed by atoms with Crippen LogP contribution in [0.4, 0.5) is 0 Å². The molecule has 0 aliphatic rings. The molecule has 0 saturated carbocycles. The van der Waals surface area contributed by atoms with Gasteiger partial charge in [-0.15, -0.1) is 0 Å². The summed E-state index contributed by atoms with van der Waals surface area (Å²) in [7, 11) is 1.37. The summed E-state index contributed by atoms with van der Waals surface area (Å²) in [5.41, 5.74) is 1.48. The van der Waals surface area contributed by atoms with Crippen LogP contribution in [0.25, 0.3) is 0 Å². The van der Waals surface area contributed by atoms with Gasteiger partial charge in [-0.05, 0) is 19.8 Å². The van der Waals surface area contributed by atoms with Crippen molar-refractivity contribution in [2.75, 3.05) is 20.3 Å². The average molecular weight is 201 g/mol. The summed E-state index contributed by atoms with van der Waals surface area (Å²) in [5.74, 6) is -0.290. The lowest BCUT2D eigenvalue weighted by atomic mass is 10.1. The van der Waals surface area contributed by atoms with Crippen LogP contribution in [-0.2, 0) is 9.53 Å². The number of rotatable bonds is 6. The Balaban J connectivity index is 4.27. The van der Waals surface area contributed by atoms with E-state index in [4.69, 9.17) is 5.11 Å². The topological polar surface area (TPSA) is 58.6 Å². The lowest BCUT2D eigenvalue weighted by Gasteiger charge is -2.10. The van der Waals surface area contributed by atoms with Crippen LogP contribution in [0, 0.1) is 0 Å². The smallest absolute Gasteiger partial charge is 0.335 e. The summed E-state index contributed by atoms with van der Waals surface area (Å²) >= 11 is 0. The number of hydrogen-bond acceptors (Lipinski definition) is 4. The van der Waals surface area contributed by atoms with Gasteiger partial charge in [0.2, 0.25) is 0 Å². The highest BCUT2D eigenvalue weighted by Gasteiger charge is 2.10. The molecule has 0 aromatic carbocycles. The molecule has 0 rings (SSSR count). The molecular weight excluding hydrogens is 182 g/mol. The van der Waals surface area contributed by atoms with Crippen molar-refractivity contribution in [2.45, 2.75) is 26.7 Å². The Morgan fingerprint density at radius 2 is 2.14 bits per heavy atom. The van der Waals surface area contributed by atoms with E-state index in [-0.39, 0.29) is 12.6 Å². The minimum absolute atomic E-state index is 0.153. The minimum Gasteiger partial charge on any atom is -0.466 e. The Hall–Kier alpha value is -1.03. The molecule has 14 heavy (non-hydrogen) atoms. The van der Waals surface area contributed by atoms with Gasteiger partial charge in [0, 0.05) is 18.8 Å². The molecule has 0 aliphatic carbocycles. The van der Waals surface area contributed by atoms with Crippen LogP contribution in [-0.4, -0.2) is 31.3 Å². The highest BCUT2D eigenvalue weighted by atomic mass is 16.5. The molecule has 82 valence electrons. The van der Waals surface area contributed by atoms with E-state index >= 15 is 0 Å². The second-order valence-corrected chi connectivity index (χ2v) is 2.95. The summed E-state index contributed by atoms with van der Waals surface area (Å²) < 4.78 is 4.64. The summed E-state index contributed by atoms with van der Waals surface area (Å²) in [6.07, 6.45) is 1.32. The van der Waals surface area contributed by atoms with Crippen LogP contribution >= 0.6 is 0 Å². The fourth-order valence-corrected chi connectivity index (χ4v) is 1.15. The molecule has 4 heteroatoms. The van der Waals surface area contributed by atoms with Gasteiger partial charge in [-0.1, -0.05) is 6.92 Å². The predicted molar refractivity (Wildman–Crippen MR) is 54.7 cm³/mol. The third-order valence-electron chi connectivity index (χ3n) is 1.96. The van der Waals surface area contributed by atoms with Gasteiger partial charge in [-0.2, -0.15) is 0 Å². The third kappa shape index (κ3) is 4.28. The van der Waals surface area contributed by atoms with Gasteiger partial charge >= 0.3 is 5.97 Å². The van der Waals surface area contributed by atoms with E-state index in [1.807, 2.05) is 13.8 Å². The first kappa shape index (κ1) is 13.0. The maximum atomic E-state index is 11.2. The van der Waals surface area contributed by atoms with Crippen LogP contribution < -0.4 is 5.32 Å². The molecule has 0 bridgehead atoms. The number of aliphatic hydroxyl groups is 1. The lowest BCUT2D eigenvalue weighted by Crippen LogP contribution is -2.19. The largest absolute Gasteiger partial charge is 0.466 e. The van der Waals surface area contributed by atoms with Gasteiger partial charge in [0.25, 0.3) is 0 Å². The molecule has 0 amide bonds. The standard InChI is InChI=1S/C10H19NO3/c1-4-9(10(13)14-3)8(2)11-6-5-7-12/h11-12H,4-7H2,1-3H3/b9-8-. The second kappa shape index (κ2) is 7.38. The molecule has 0 unspecified atom stereocenters. The third-order valence-corrected chi connectivity index (χ3v) is 1.96. The molecule has 0 radical (unpaired) electrons. The summed E-state index contributed by atoms with van der Waals surface area (Å²) in [6, 6.07) is 0. The van der Waals surface area contributed by atoms with Crippen molar-refractivity contribution in [1.82, 2.24) is 5.32 Å². The molecule has 0 saturated heterocycles. The van der Waals surface area contributed by atoms with Gasteiger partial charge in [0.1, 0.15) is 0 Å². The summed E-state index contributed by atoms with van der Waals surface area (Å²) in [6.45, 7) is 4.57. The van der Waals surface area contributed by atoms with Gasteiger partial charge in [-0.25, -0.2) is 4.79 Å². The van der Waals surface area contributed by atoms with Crippen molar-refractivity contribution < 1.29 is 14.6 Å². The van der Waals surface area contributed by atoms with E-state index < -0.39 is 0 Å². The van der Waals surface area contributed by atoms with E-state index in [0.717, 1.165) is 5.70 Å². The van der Waals surface area contributed by atoms with E-state index in [9.17, 15) is 4.79 Å². The fraction of sp³-hybridized carbons (Fsp3) is 0.700. The molecule has 0 heterocycles. The molecular formula is C10H19NO3. The molecule has 0 atom stereocenters. The van der Waals surface area contributed by atoms with Crippen LogP contribution in [0.15, 0.2) is 11.3 Å². The molecule has 4 nitrogen and oxygen atoms in total. The highest BCUT2D eigenvalue weighted by molar-refractivity contribution is 5.88. The number of esters is 1. The maximum Gasteiger partial charge on any atom is 0.335 e. The van der Waals surface area contributed by atoms with Gasteiger partial charge in [-0.3, -0.25) is 0 Å². The van der Waals surface area contributed by atoms with E-state index in [1.165, 1.54) is 7.11 Å². The van der Waals surface area contributed by atoms with Crippen LogP contribution in [0.3, 0.4) is 0 Å². The average Bonchev–Trinajstić information content (AvgIpc) is 2.19. The summed E-state index contributed by atoms with van der Waals surface area (Å²) in [5, 5.41) is 11.7. The molecule has 0 aromatic heterocycles. The number of aliphatic hydroxyl groups excluding tert-OH is 1. The number of allylic oxidation sites excluding steroid dienone is 1. The Bertz CT molecular complexity index is 211. The van der Waals surface area contributed by atoms with E-state index in [0.29, 0.717) is 25.0 Å². The normalized spacial score (nSPS) is 12.0. The van der Waals surface area contributed by atoms with Crippen molar-refractivity contribution in [2.24, 2.45) is 0 Å².